The minimum absolute atomic E-state index is 0. The minimum Gasteiger partial charge on any atom is -0.385 e. The van der Waals surface area contributed by atoms with E-state index in [2.05, 4.69) is 10.6 Å². The molecular weight excluding hydrogens is 228 g/mol. The number of rotatable bonds is 5. The number of halogens is 1. The zero-order chi connectivity index (χ0) is 11.1. The third-order valence-electron chi connectivity index (χ3n) is 2.81. The van der Waals surface area contributed by atoms with E-state index in [-0.39, 0.29) is 30.3 Å². The fourth-order valence-electron chi connectivity index (χ4n) is 1.80. The molecule has 0 aromatic rings. The third kappa shape index (κ3) is 5.68. The molecule has 0 spiro atoms. The maximum Gasteiger partial charge on any atom is 0.224 e. The van der Waals surface area contributed by atoms with Gasteiger partial charge in [0.15, 0.2) is 0 Å². The van der Waals surface area contributed by atoms with Crippen LogP contribution in [0.3, 0.4) is 0 Å². The molecule has 0 bridgehead atoms. The Morgan fingerprint density at radius 1 is 1.62 bits per heavy atom. The Hall–Kier alpha value is -0.320. The van der Waals surface area contributed by atoms with Crippen LogP contribution in [-0.4, -0.2) is 38.8 Å². The first-order chi connectivity index (χ1) is 7.24. The molecule has 5 heteroatoms. The van der Waals surface area contributed by atoms with Crippen LogP contribution in [0.5, 0.6) is 0 Å². The molecule has 1 aliphatic heterocycles. The molecule has 2 atom stereocenters. The van der Waals surface area contributed by atoms with Gasteiger partial charge in [-0.2, -0.15) is 0 Å². The Bertz CT molecular complexity index is 196. The summed E-state index contributed by atoms with van der Waals surface area (Å²) in [6.07, 6.45) is 2.99. The van der Waals surface area contributed by atoms with Crippen molar-refractivity contribution in [3.8, 4) is 0 Å². The van der Waals surface area contributed by atoms with E-state index >= 15 is 0 Å². The quantitative estimate of drug-likeness (QED) is 0.764. The van der Waals surface area contributed by atoms with Gasteiger partial charge in [-0.25, -0.2) is 0 Å². The van der Waals surface area contributed by atoms with Gasteiger partial charge in [-0.05, 0) is 32.7 Å². The van der Waals surface area contributed by atoms with E-state index in [0.717, 1.165) is 32.4 Å². The first-order valence-corrected chi connectivity index (χ1v) is 5.74. The molecule has 2 unspecified atom stereocenters. The van der Waals surface area contributed by atoms with Crippen molar-refractivity contribution in [2.45, 2.75) is 32.2 Å². The van der Waals surface area contributed by atoms with Gasteiger partial charge in [0.05, 0.1) is 5.92 Å². The van der Waals surface area contributed by atoms with Crippen molar-refractivity contribution < 1.29 is 9.53 Å². The largest absolute Gasteiger partial charge is 0.385 e. The van der Waals surface area contributed by atoms with E-state index in [9.17, 15) is 4.79 Å². The lowest BCUT2D eigenvalue weighted by Crippen LogP contribution is -2.43. The second-order valence-electron chi connectivity index (χ2n) is 4.23. The highest BCUT2D eigenvalue weighted by Crippen LogP contribution is 2.10. The van der Waals surface area contributed by atoms with E-state index < -0.39 is 0 Å². The monoisotopic (exact) mass is 250 g/mol. The molecule has 2 N–H and O–H groups in total. The van der Waals surface area contributed by atoms with E-state index in [0.29, 0.717) is 6.61 Å². The summed E-state index contributed by atoms with van der Waals surface area (Å²) in [7, 11) is 1.68. The normalized spacial score (nSPS) is 22.0. The van der Waals surface area contributed by atoms with Crippen molar-refractivity contribution in [3.63, 3.8) is 0 Å². The SMILES string of the molecule is COCCC(C)NC(=O)C1CCCNC1.Cl. The van der Waals surface area contributed by atoms with Gasteiger partial charge >= 0.3 is 0 Å². The van der Waals surface area contributed by atoms with Crippen LogP contribution in [0.4, 0.5) is 0 Å². The first kappa shape index (κ1) is 15.7. The number of nitrogens with one attached hydrogen (secondary N) is 2. The summed E-state index contributed by atoms with van der Waals surface area (Å²) in [6.45, 7) is 4.59. The number of hydrogen-bond acceptors (Lipinski definition) is 3. The highest BCUT2D eigenvalue weighted by molar-refractivity contribution is 5.85. The zero-order valence-corrected chi connectivity index (χ0v) is 10.9. The van der Waals surface area contributed by atoms with Gasteiger partial charge in [0.2, 0.25) is 5.91 Å². The fourth-order valence-corrected chi connectivity index (χ4v) is 1.80. The van der Waals surface area contributed by atoms with Gasteiger partial charge in [-0.3, -0.25) is 4.79 Å². The van der Waals surface area contributed by atoms with Gasteiger partial charge < -0.3 is 15.4 Å². The Morgan fingerprint density at radius 2 is 2.38 bits per heavy atom. The topological polar surface area (TPSA) is 50.4 Å². The number of hydrogen-bond donors (Lipinski definition) is 2. The fraction of sp³-hybridized carbons (Fsp3) is 0.909. The number of carbonyl (C=O) groups excluding carboxylic acids is 1. The smallest absolute Gasteiger partial charge is 0.224 e. The summed E-state index contributed by atoms with van der Waals surface area (Å²) in [6, 6.07) is 0.208. The van der Waals surface area contributed by atoms with E-state index in [4.69, 9.17) is 4.74 Å². The molecule has 96 valence electrons. The molecule has 0 saturated carbocycles. The molecule has 1 amide bonds. The maximum atomic E-state index is 11.8. The zero-order valence-electron chi connectivity index (χ0n) is 10.1. The molecule has 1 aliphatic rings. The Kier molecular flexibility index (Phi) is 8.61. The Balaban J connectivity index is 0.00000225. The molecular formula is C11H23ClN2O2. The Morgan fingerprint density at radius 3 is 2.94 bits per heavy atom. The summed E-state index contributed by atoms with van der Waals surface area (Å²) in [5.74, 6) is 0.342. The van der Waals surface area contributed by atoms with Crippen LogP contribution in [0.15, 0.2) is 0 Å². The highest BCUT2D eigenvalue weighted by atomic mass is 35.5. The number of ether oxygens (including phenoxy) is 1. The molecule has 0 aromatic carbocycles. The van der Waals surface area contributed by atoms with Crippen molar-refractivity contribution in [2.24, 2.45) is 5.92 Å². The maximum absolute atomic E-state index is 11.8. The lowest BCUT2D eigenvalue weighted by atomic mass is 9.98. The number of carbonyl (C=O) groups is 1. The molecule has 1 fully saturated rings. The number of methoxy groups -OCH3 is 1. The van der Waals surface area contributed by atoms with E-state index in [1.165, 1.54) is 0 Å². The van der Waals surface area contributed by atoms with Crippen LogP contribution in [0, 0.1) is 5.92 Å². The average molecular weight is 251 g/mol. The minimum atomic E-state index is 0. The second kappa shape index (κ2) is 8.79. The van der Waals surface area contributed by atoms with Crippen molar-refractivity contribution in [1.29, 1.82) is 0 Å². The molecule has 0 aliphatic carbocycles. The summed E-state index contributed by atoms with van der Waals surface area (Å²) < 4.78 is 4.98. The van der Waals surface area contributed by atoms with Crippen molar-refractivity contribution in [1.82, 2.24) is 10.6 Å². The molecule has 0 aromatic heterocycles. The summed E-state index contributed by atoms with van der Waals surface area (Å²) in [5, 5.41) is 6.27. The van der Waals surface area contributed by atoms with Crippen molar-refractivity contribution in [3.05, 3.63) is 0 Å². The summed E-state index contributed by atoms with van der Waals surface area (Å²) in [4.78, 5) is 11.8. The van der Waals surface area contributed by atoms with Crippen LogP contribution in [0.2, 0.25) is 0 Å². The average Bonchev–Trinajstić information content (AvgIpc) is 2.27. The standard InChI is InChI=1S/C11H22N2O2.ClH/c1-9(5-7-15-2)13-11(14)10-4-3-6-12-8-10;/h9-10,12H,3-8H2,1-2H3,(H,13,14);1H. The summed E-state index contributed by atoms with van der Waals surface area (Å²) >= 11 is 0. The van der Waals surface area contributed by atoms with Crippen LogP contribution in [0.1, 0.15) is 26.2 Å². The van der Waals surface area contributed by atoms with Gasteiger partial charge in [-0.1, -0.05) is 0 Å². The van der Waals surface area contributed by atoms with Gasteiger partial charge in [0, 0.05) is 26.3 Å². The predicted octanol–water partition coefficient (Wildman–Crippen LogP) is 0.949. The van der Waals surface area contributed by atoms with Gasteiger partial charge in [-0.15, -0.1) is 12.4 Å². The van der Waals surface area contributed by atoms with Crippen LogP contribution in [0.25, 0.3) is 0 Å². The lowest BCUT2D eigenvalue weighted by molar-refractivity contribution is -0.126. The van der Waals surface area contributed by atoms with Crippen LogP contribution < -0.4 is 10.6 Å². The van der Waals surface area contributed by atoms with Crippen LogP contribution >= 0.6 is 12.4 Å². The highest BCUT2D eigenvalue weighted by Gasteiger charge is 2.21. The molecule has 1 rings (SSSR count). The molecule has 1 heterocycles. The van der Waals surface area contributed by atoms with Crippen molar-refractivity contribution >= 4 is 18.3 Å². The third-order valence-corrected chi connectivity index (χ3v) is 2.81. The molecule has 0 radical (unpaired) electrons. The van der Waals surface area contributed by atoms with Crippen LogP contribution in [-0.2, 0) is 9.53 Å². The lowest BCUT2D eigenvalue weighted by Gasteiger charge is -2.23. The second-order valence-corrected chi connectivity index (χ2v) is 4.23. The van der Waals surface area contributed by atoms with E-state index in [1.807, 2.05) is 6.92 Å². The first-order valence-electron chi connectivity index (χ1n) is 5.74. The van der Waals surface area contributed by atoms with Gasteiger partial charge in [0.25, 0.3) is 0 Å². The van der Waals surface area contributed by atoms with E-state index in [1.54, 1.807) is 7.11 Å². The molecule has 16 heavy (non-hydrogen) atoms. The number of piperidine rings is 1. The summed E-state index contributed by atoms with van der Waals surface area (Å²) in [5.41, 5.74) is 0. The molecule has 1 saturated heterocycles. The Labute approximate surface area is 104 Å². The molecule has 4 nitrogen and oxygen atoms in total. The predicted molar refractivity (Wildman–Crippen MR) is 66.9 cm³/mol. The number of amides is 1. The van der Waals surface area contributed by atoms with Crippen molar-refractivity contribution in [2.75, 3.05) is 26.8 Å². The van der Waals surface area contributed by atoms with Gasteiger partial charge in [0.1, 0.15) is 0 Å².